The minimum absolute atomic E-state index is 0.00409. The molecule has 2 unspecified atom stereocenters. The highest BCUT2D eigenvalue weighted by atomic mass is 14.8. The Morgan fingerprint density at radius 1 is 0.773 bits per heavy atom. The van der Waals surface area contributed by atoms with Crippen LogP contribution in [-0.2, 0) is 16.2 Å². The molecule has 0 aromatic heterocycles. The van der Waals surface area contributed by atoms with Crippen LogP contribution in [0.2, 0.25) is 0 Å². The summed E-state index contributed by atoms with van der Waals surface area (Å²) < 4.78 is 0. The molecule has 2 aliphatic rings. The molecule has 0 aliphatic heterocycles. The Labute approximate surface area is 133 Å². The SMILES string of the molecule is CC1(C)CC2(c3ccccc31)c1ccccc1C(C)(C)C2N. The minimum atomic E-state index is -0.0415. The summed E-state index contributed by atoms with van der Waals surface area (Å²) in [5.41, 5.74) is 12.9. The van der Waals surface area contributed by atoms with Crippen LogP contribution in [0.25, 0.3) is 0 Å². The van der Waals surface area contributed by atoms with Gasteiger partial charge in [0.25, 0.3) is 0 Å². The van der Waals surface area contributed by atoms with E-state index in [0.717, 1.165) is 6.42 Å². The number of benzene rings is 2. The molecule has 2 aliphatic carbocycles. The van der Waals surface area contributed by atoms with Gasteiger partial charge in [-0.25, -0.2) is 0 Å². The molecule has 0 heterocycles. The van der Waals surface area contributed by atoms with Crippen molar-refractivity contribution in [1.82, 2.24) is 0 Å². The van der Waals surface area contributed by atoms with Crippen LogP contribution in [0.3, 0.4) is 0 Å². The van der Waals surface area contributed by atoms with Crippen LogP contribution < -0.4 is 5.73 Å². The second-order valence-corrected chi connectivity index (χ2v) is 8.32. The van der Waals surface area contributed by atoms with Crippen molar-refractivity contribution >= 4 is 0 Å². The lowest BCUT2D eigenvalue weighted by atomic mass is 9.69. The van der Waals surface area contributed by atoms with Crippen molar-refractivity contribution in [2.24, 2.45) is 5.73 Å². The second-order valence-electron chi connectivity index (χ2n) is 8.32. The van der Waals surface area contributed by atoms with E-state index in [9.17, 15) is 0 Å². The van der Waals surface area contributed by atoms with Gasteiger partial charge < -0.3 is 5.73 Å². The van der Waals surface area contributed by atoms with Gasteiger partial charge in [-0.15, -0.1) is 0 Å². The molecule has 1 spiro atoms. The molecule has 1 nitrogen and oxygen atoms in total. The monoisotopic (exact) mass is 291 g/mol. The van der Waals surface area contributed by atoms with E-state index >= 15 is 0 Å². The maximum absolute atomic E-state index is 6.94. The number of fused-ring (bicyclic) bond motifs is 4. The summed E-state index contributed by atoms with van der Waals surface area (Å²) in [7, 11) is 0. The van der Waals surface area contributed by atoms with Gasteiger partial charge in [0, 0.05) is 16.9 Å². The molecule has 0 bridgehead atoms. The third-order valence-electron chi connectivity index (χ3n) is 6.27. The quantitative estimate of drug-likeness (QED) is 0.770. The summed E-state index contributed by atoms with van der Waals surface area (Å²) in [5, 5.41) is 0. The van der Waals surface area contributed by atoms with E-state index in [-0.39, 0.29) is 22.3 Å². The van der Waals surface area contributed by atoms with E-state index in [4.69, 9.17) is 5.73 Å². The Hall–Kier alpha value is -1.60. The number of rotatable bonds is 0. The Morgan fingerprint density at radius 3 is 1.82 bits per heavy atom. The molecule has 2 aromatic rings. The van der Waals surface area contributed by atoms with Gasteiger partial charge >= 0.3 is 0 Å². The molecule has 0 saturated carbocycles. The van der Waals surface area contributed by atoms with Crippen LogP contribution in [0.4, 0.5) is 0 Å². The molecule has 22 heavy (non-hydrogen) atoms. The predicted molar refractivity (Wildman–Crippen MR) is 92.3 cm³/mol. The minimum Gasteiger partial charge on any atom is -0.326 e. The van der Waals surface area contributed by atoms with Crippen LogP contribution in [-0.4, -0.2) is 6.04 Å². The zero-order chi connectivity index (χ0) is 15.8. The normalized spacial score (nSPS) is 30.3. The third-order valence-corrected chi connectivity index (χ3v) is 6.27. The van der Waals surface area contributed by atoms with Crippen LogP contribution >= 0.6 is 0 Å². The van der Waals surface area contributed by atoms with Crippen molar-refractivity contribution in [3.63, 3.8) is 0 Å². The van der Waals surface area contributed by atoms with E-state index in [1.54, 1.807) is 0 Å². The topological polar surface area (TPSA) is 26.0 Å². The second kappa shape index (κ2) is 4.02. The fraction of sp³-hybridized carbons (Fsp3) is 0.429. The standard InChI is InChI=1S/C21H25N/c1-19(2)13-21(16-11-7-5-9-14(16)19)17-12-8-6-10-15(17)20(3,4)18(21)22/h5-12,18H,13,22H2,1-4H3. The first-order valence-corrected chi connectivity index (χ1v) is 8.27. The average molecular weight is 291 g/mol. The Morgan fingerprint density at radius 2 is 1.23 bits per heavy atom. The maximum atomic E-state index is 6.94. The number of hydrogen-bond acceptors (Lipinski definition) is 1. The zero-order valence-corrected chi connectivity index (χ0v) is 14.0. The van der Waals surface area contributed by atoms with Crippen LogP contribution in [0, 0.1) is 0 Å². The third kappa shape index (κ3) is 1.43. The van der Waals surface area contributed by atoms with E-state index in [2.05, 4.69) is 76.2 Å². The molecule has 0 radical (unpaired) electrons. The fourth-order valence-corrected chi connectivity index (χ4v) is 5.25. The van der Waals surface area contributed by atoms with Gasteiger partial charge in [0.05, 0.1) is 0 Å². The van der Waals surface area contributed by atoms with Crippen molar-refractivity contribution in [2.75, 3.05) is 0 Å². The van der Waals surface area contributed by atoms with Crippen molar-refractivity contribution in [2.45, 2.75) is 56.4 Å². The van der Waals surface area contributed by atoms with Crippen LogP contribution in [0.1, 0.15) is 56.4 Å². The van der Waals surface area contributed by atoms with Crippen LogP contribution in [0.15, 0.2) is 48.5 Å². The highest BCUT2D eigenvalue weighted by Gasteiger charge is 2.60. The number of nitrogens with two attached hydrogens (primary N) is 1. The summed E-state index contributed by atoms with van der Waals surface area (Å²) >= 11 is 0. The lowest BCUT2D eigenvalue weighted by Crippen LogP contribution is -2.49. The molecule has 2 aromatic carbocycles. The fourth-order valence-electron chi connectivity index (χ4n) is 5.25. The summed E-state index contributed by atoms with van der Waals surface area (Å²) in [4.78, 5) is 0. The van der Waals surface area contributed by atoms with Gasteiger partial charge in [0.2, 0.25) is 0 Å². The van der Waals surface area contributed by atoms with Crippen molar-refractivity contribution in [1.29, 1.82) is 0 Å². The molecule has 2 atom stereocenters. The predicted octanol–water partition coefficient (Wildman–Crippen LogP) is 4.27. The summed E-state index contributed by atoms with van der Waals surface area (Å²) in [6, 6.07) is 18.0. The molecular weight excluding hydrogens is 266 g/mol. The zero-order valence-electron chi connectivity index (χ0n) is 14.0. The van der Waals surface area contributed by atoms with Crippen LogP contribution in [0.5, 0.6) is 0 Å². The summed E-state index contributed by atoms with van der Waals surface area (Å²) in [5.74, 6) is 0. The van der Waals surface area contributed by atoms with Gasteiger partial charge in [-0.2, -0.15) is 0 Å². The molecule has 0 saturated heterocycles. The van der Waals surface area contributed by atoms with E-state index < -0.39 is 0 Å². The highest BCUT2D eigenvalue weighted by Crippen LogP contribution is 2.61. The van der Waals surface area contributed by atoms with E-state index in [1.165, 1.54) is 22.3 Å². The van der Waals surface area contributed by atoms with Crippen molar-refractivity contribution in [3.8, 4) is 0 Å². The molecule has 114 valence electrons. The van der Waals surface area contributed by atoms with Gasteiger partial charge in [-0.05, 0) is 34.1 Å². The molecule has 1 heteroatoms. The molecule has 0 amide bonds. The largest absolute Gasteiger partial charge is 0.326 e. The lowest BCUT2D eigenvalue weighted by Gasteiger charge is -2.37. The molecular formula is C21H25N. The smallest absolute Gasteiger partial charge is 0.0376 e. The lowest BCUT2D eigenvalue weighted by molar-refractivity contribution is 0.297. The first-order valence-electron chi connectivity index (χ1n) is 8.27. The first-order chi connectivity index (χ1) is 10.3. The van der Waals surface area contributed by atoms with E-state index in [0.29, 0.717) is 0 Å². The maximum Gasteiger partial charge on any atom is 0.0376 e. The Balaban J connectivity index is 2.09. The Bertz CT molecular complexity index is 743. The average Bonchev–Trinajstić information content (AvgIpc) is 2.84. The van der Waals surface area contributed by atoms with Gasteiger partial charge in [0.15, 0.2) is 0 Å². The van der Waals surface area contributed by atoms with Gasteiger partial charge in [0.1, 0.15) is 0 Å². The van der Waals surface area contributed by atoms with Gasteiger partial charge in [-0.1, -0.05) is 76.2 Å². The number of hydrogen-bond donors (Lipinski definition) is 1. The molecule has 2 N–H and O–H groups in total. The van der Waals surface area contributed by atoms with Crippen molar-refractivity contribution in [3.05, 3.63) is 70.8 Å². The van der Waals surface area contributed by atoms with E-state index in [1.807, 2.05) is 0 Å². The molecule has 4 rings (SSSR count). The first kappa shape index (κ1) is 14.0. The summed E-state index contributed by atoms with van der Waals surface area (Å²) in [6.45, 7) is 9.33. The summed E-state index contributed by atoms with van der Waals surface area (Å²) in [6.07, 6.45) is 1.10. The molecule has 0 fully saturated rings. The van der Waals surface area contributed by atoms with Crippen molar-refractivity contribution < 1.29 is 0 Å². The van der Waals surface area contributed by atoms with Gasteiger partial charge in [-0.3, -0.25) is 0 Å². The highest BCUT2D eigenvalue weighted by molar-refractivity contribution is 5.61. The Kier molecular flexibility index (Phi) is 2.56.